The molecule has 116 valence electrons. The van der Waals surface area contributed by atoms with Gasteiger partial charge in [-0.25, -0.2) is 0 Å². The van der Waals surface area contributed by atoms with Crippen LogP contribution < -0.4 is 14.9 Å². The number of benzene rings is 1. The average Bonchev–Trinajstić information content (AvgIpc) is 2.40. The van der Waals surface area contributed by atoms with Crippen LogP contribution in [0.1, 0.15) is 6.92 Å². The van der Waals surface area contributed by atoms with Gasteiger partial charge in [0.25, 0.3) is 0 Å². The summed E-state index contributed by atoms with van der Waals surface area (Å²) in [4.78, 5) is 11.0. The first kappa shape index (κ1) is 15.6. The maximum absolute atomic E-state index is 13.0. The number of anilines is 1. The van der Waals surface area contributed by atoms with E-state index in [0.717, 1.165) is 19.1 Å². The zero-order valence-electron chi connectivity index (χ0n) is 10.9. The molecule has 0 aliphatic carbocycles. The highest BCUT2D eigenvalue weighted by molar-refractivity contribution is 6.45. The topological polar surface area (TPSA) is 83.7 Å². The zero-order chi connectivity index (χ0) is 16.5. The highest BCUT2D eigenvalue weighted by Crippen LogP contribution is 2.47. The summed E-state index contributed by atoms with van der Waals surface area (Å²) in [5.41, 5.74) is 1.83. The van der Waals surface area contributed by atoms with E-state index >= 15 is 0 Å². The van der Waals surface area contributed by atoms with Crippen LogP contribution in [0.3, 0.4) is 0 Å². The van der Waals surface area contributed by atoms with Gasteiger partial charge < -0.3 is 9.47 Å². The molecule has 0 atom stereocenters. The largest absolute Gasteiger partial charge is 0.507 e. The number of nitriles is 1. The van der Waals surface area contributed by atoms with E-state index in [9.17, 15) is 22.4 Å². The lowest BCUT2D eigenvalue weighted by Crippen LogP contribution is -2.52. The summed E-state index contributed by atoms with van der Waals surface area (Å²) in [7, 11) is 0. The maximum atomic E-state index is 13.0. The number of ether oxygens (including phenoxy) is 2. The molecule has 1 aliphatic rings. The Balaban J connectivity index is 2.27. The Bertz CT molecular complexity index is 697. The fraction of sp³-hybridized carbons (Fsp3) is 0.250. The Morgan fingerprint density at radius 2 is 1.82 bits per heavy atom. The SMILES string of the molecule is CC(=O)C(C#N)=NNc1ccc2c(c1)OC(F)(F)C(F)(F)O2. The van der Waals surface area contributed by atoms with Crippen LogP contribution in [0.5, 0.6) is 11.5 Å². The third-order valence-corrected chi connectivity index (χ3v) is 2.50. The molecule has 0 saturated heterocycles. The molecular weight excluding hydrogens is 310 g/mol. The lowest BCUT2D eigenvalue weighted by Gasteiger charge is -2.31. The molecule has 0 radical (unpaired) electrons. The van der Waals surface area contributed by atoms with Gasteiger partial charge in [-0.15, -0.1) is 0 Å². The van der Waals surface area contributed by atoms with Crippen LogP contribution >= 0.6 is 0 Å². The summed E-state index contributed by atoms with van der Waals surface area (Å²) >= 11 is 0. The molecule has 10 heteroatoms. The van der Waals surface area contributed by atoms with E-state index in [0.29, 0.717) is 0 Å². The standard InChI is InChI=1S/C12H7F4N3O3/c1-6(20)8(5-17)19-18-7-2-3-9-10(4-7)22-12(15,16)11(13,14)21-9/h2-4,18H,1H3. The average molecular weight is 317 g/mol. The van der Waals surface area contributed by atoms with E-state index in [1.807, 2.05) is 0 Å². The van der Waals surface area contributed by atoms with Crippen LogP contribution in [0.15, 0.2) is 23.3 Å². The van der Waals surface area contributed by atoms with Crippen LogP contribution in [0.25, 0.3) is 0 Å². The first-order valence-electron chi connectivity index (χ1n) is 5.69. The van der Waals surface area contributed by atoms with Gasteiger partial charge in [-0.1, -0.05) is 0 Å². The molecule has 1 aromatic carbocycles. The van der Waals surface area contributed by atoms with Crippen LogP contribution in [0.2, 0.25) is 0 Å². The van der Waals surface area contributed by atoms with Crippen molar-refractivity contribution in [3.63, 3.8) is 0 Å². The van der Waals surface area contributed by atoms with Crippen molar-refractivity contribution in [1.29, 1.82) is 5.26 Å². The quantitative estimate of drug-likeness (QED) is 0.526. The highest BCUT2D eigenvalue weighted by atomic mass is 19.3. The van der Waals surface area contributed by atoms with E-state index < -0.39 is 35.2 Å². The molecule has 1 N–H and O–H groups in total. The molecule has 1 heterocycles. The number of fused-ring (bicyclic) bond motifs is 1. The molecule has 0 bridgehead atoms. The minimum absolute atomic E-state index is 0.0253. The number of hydrogen-bond acceptors (Lipinski definition) is 6. The van der Waals surface area contributed by atoms with Crippen LogP contribution in [0.4, 0.5) is 23.2 Å². The highest BCUT2D eigenvalue weighted by Gasteiger charge is 2.65. The number of hydrogen-bond donors (Lipinski definition) is 1. The predicted octanol–water partition coefficient (Wildman–Crippen LogP) is 2.52. The molecule has 0 amide bonds. The second-order valence-electron chi connectivity index (χ2n) is 4.14. The molecular formula is C12H7F4N3O3. The Labute approximate surface area is 120 Å². The minimum atomic E-state index is -4.83. The molecule has 0 saturated carbocycles. The van der Waals surface area contributed by atoms with Crippen molar-refractivity contribution in [2.24, 2.45) is 5.10 Å². The number of carbonyl (C=O) groups is 1. The second-order valence-corrected chi connectivity index (χ2v) is 4.14. The summed E-state index contributed by atoms with van der Waals surface area (Å²) in [5, 5.41) is 12.1. The number of ketones is 1. The number of rotatable bonds is 3. The zero-order valence-corrected chi connectivity index (χ0v) is 10.9. The summed E-state index contributed by atoms with van der Waals surface area (Å²) in [5.74, 6) is -1.84. The molecule has 0 spiro atoms. The number of halogens is 4. The van der Waals surface area contributed by atoms with E-state index in [1.54, 1.807) is 0 Å². The number of hydrazone groups is 1. The Hall–Kier alpha value is -2.83. The lowest BCUT2D eigenvalue weighted by atomic mass is 10.2. The number of nitrogens with one attached hydrogen (secondary N) is 1. The van der Waals surface area contributed by atoms with Crippen molar-refractivity contribution in [2.75, 3.05) is 5.43 Å². The Morgan fingerprint density at radius 1 is 1.23 bits per heavy atom. The Kier molecular flexibility index (Phi) is 3.66. The number of nitrogens with zero attached hydrogens (tertiary/aromatic N) is 2. The molecule has 0 fully saturated rings. The smallest absolute Gasteiger partial charge is 0.421 e. The third kappa shape index (κ3) is 2.78. The first-order chi connectivity index (χ1) is 10.2. The first-order valence-corrected chi connectivity index (χ1v) is 5.69. The Morgan fingerprint density at radius 3 is 2.36 bits per heavy atom. The van der Waals surface area contributed by atoms with Crippen molar-refractivity contribution in [2.45, 2.75) is 19.1 Å². The maximum Gasteiger partial charge on any atom is 0.507 e. The minimum Gasteiger partial charge on any atom is -0.421 e. The van der Waals surface area contributed by atoms with Gasteiger partial charge >= 0.3 is 12.2 Å². The normalized spacial score (nSPS) is 18.3. The van der Waals surface area contributed by atoms with Gasteiger partial charge in [-0.2, -0.15) is 27.9 Å². The van der Waals surface area contributed by atoms with Crippen molar-refractivity contribution in [3.8, 4) is 17.6 Å². The summed E-state index contributed by atoms with van der Waals surface area (Å²) in [6, 6.07) is 4.56. The van der Waals surface area contributed by atoms with E-state index in [1.165, 1.54) is 12.1 Å². The van der Waals surface area contributed by atoms with Gasteiger partial charge in [0.1, 0.15) is 6.07 Å². The van der Waals surface area contributed by atoms with E-state index in [2.05, 4.69) is 20.0 Å². The third-order valence-electron chi connectivity index (χ3n) is 2.50. The fourth-order valence-corrected chi connectivity index (χ4v) is 1.44. The van der Waals surface area contributed by atoms with Crippen molar-refractivity contribution >= 4 is 17.2 Å². The van der Waals surface area contributed by atoms with Gasteiger partial charge in [0.15, 0.2) is 17.3 Å². The van der Waals surface area contributed by atoms with Gasteiger partial charge in [0.2, 0.25) is 5.71 Å². The predicted molar refractivity (Wildman–Crippen MR) is 64.9 cm³/mol. The van der Waals surface area contributed by atoms with Crippen LogP contribution in [-0.2, 0) is 4.79 Å². The number of carbonyl (C=O) groups excluding carboxylic acids is 1. The van der Waals surface area contributed by atoms with Crippen molar-refractivity contribution in [3.05, 3.63) is 18.2 Å². The van der Waals surface area contributed by atoms with Gasteiger partial charge in [0, 0.05) is 13.0 Å². The molecule has 1 aliphatic heterocycles. The van der Waals surface area contributed by atoms with Crippen molar-refractivity contribution in [1.82, 2.24) is 0 Å². The van der Waals surface area contributed by atoms with E-state index in [-0.39, 0.29) is 5.69 Å². The summed E-state index contributed by atoms with van der Waals surface area (Å²) in [6.45, 7) is 1.11. The molecule has 22 heavy (non-hydrogen) atoms. The molecule has 0 unspecified atom stereocenters. The number of alkyl halides is 4. The van der Waals surface area contributed by atoms with Crippen LogP contribution in [-0.4, -0.2) is 23.7 Å². The fourth-order valence-electron chi connectivity index (χ4n) is 1.44. The number of Topliss-reactive ketones (excluding diaryl/α,β-unsaturated/α-hetero) is 1. The molecule has 2 rings (SSSR count). The van der Waals surface area contributed by atoms with E-state index in [4.69, 9.17) is 5.26 Å². The molecule has 1 aromatic rings. The van der Waals surface area contributed by atoms with Crippen molar-refractivity contribution < 1.29 is 31.8 Å². The van der Waals surface area contributed by atoms with Gasteiger partial charge in [-0.05, 0) is 12.1 Å². The lowest BCUT2D eigenvalue weighted by molar-refractivity contribution is -0.391. The van der Waals surface area contributed by atoms with Gasteiger partial charge in [-0.3, -0.25) is 10.2 Å². The van der Waals surface area contributed by atoms with Gasteiger partial charge in [0.05, 0.1) is 5.69 Å². The van der Waals surface area contributed by atoms with Crippen LogP contribution in [0, 0.1) is 11.3 Å². The summed E-state index contributed by atoms with van der Waals surface area (Å²) < 4.78 is 59.8. The monoisotopic (exact) mass is 317 g/mol. The second kappa shape index (κ2) is 5.18. The summed E-state index contributed by atoms with van der Waals surface area (Å²) in [6.07, 6.45) is -9.63. The molecule has 6 nitrogen and oxygen atoms in total. The molecule has 0 aromatic heterocycles.